The normalized spacial score (nSPS) is 17.8. The molecule has 1 aromatic carbocycles. The van der Waals surface area contributed by atoms with Crippen molar-refractivity contribution in [3.8, 4) is 0 Å². The molecule has 4 heterocycles. The fourth-order valence-corrected chi connectivity index (χ4v) is 5.58. The van der Waals surface area contributed by atoms with Crippen LogP contribution in [0, 0.1) is 25.6 Å². The second-order valence-corrected chi connectivity index (χ2v) is 11.3. The summed E-state index contributed by atoms with van der Waals surface area (Å²) in [5, 5.41) is 14.3. The first-order chi connectivity index (χ1) is 20.1. The van der Waals surface area contributed by atoms with Crippen molar-refractivity contribution < 1.29 is 23.8 Å². The molecule has 2 aliphatic heterocycles. The topological polar surface area (TPSA) is 115 Å². The second-order valence-electron chi connectivity index (χ2n) is 10.9. The average Bonchev–Trinajstić information content (AvgIpc) is 3.43. The minimum atomic E-state index is -1.15. The highest BCUT2D eigenvalue weighted by molar-refractivity contribution is 6.40. The number of rotatable bonds is 10. The molecule has 0 aliphatic carbocycles. The molecule has 2 saturated heterocycles. The summed E-state index contributed by atoms with van der Waals surface area (Å²) in [6, 6.07) is 4.51. The van der Waals surface area contributed by atoms with Gasteiger partial charge in [-0.15, -0.1) is 0 Å². The summed E-state index contributed by atoms with van der Waals surface area (Å²) in [6.45, 7) is 9.86. The number of ether oxygens (including phenoxy) is 1. The van der Waals surface area contributed by atoms with E-state index in [0.29, 0.717) is 66.4 Å². The van der Waals surface area contributed by atoms with Gasteiger partial charge in [0.25, 0.3) is 5.91 Å². The van der Waals surface area contributed by atoms with Crippen LogP contribution in [0.5, 0.6) is 0 Å². The molecule has 5 rings (SSSR count). The molecule has 3 aromatic rings. The van der Waals surface area contributed by atoms with Gasteiger partial charge in [-0.3, -0.25) is 9.48 Å². The molecular formula is C30H34ClFN6O4. The summed E-state index contributed by atoms with van der Waals surface area (Å²) in [5.41, 5.74) is 2.07. The van der Waals surface area contributed by atoms with Crippen LogP contribution in [0.4, 0.5) is 10.2 Å². The van der Waals surface area contributed by atoms with Gasteiger partial charge in [-0.25, -0.2) is 19.2 Å². The Morgan fingerprint density at radius 2 is 2.00 bits per heavy atom. The number of likely N-dealkylation sites (tertiary alicyclic amines) is 1. The number of imidazole rings is 1. The maximum atomic E-state index is 14.3. The van der Waals surface area contributed by atoms with E-state index in [4.69, 9.17) is 21.3 Å². The van der Waals surface area contributed by atoms with Crippen molar-refractivity contribution >= 4 is 35.0 Å². The first kappa shape index (κ1) is 29.7. The second kappa shape index (κ2) is 12.6. The van der Waals surface area contributed by atoms with E-state index in [1.807, 2.05) is 23.3 Å². The number of hydrogen-bond acceptors (Lipinski definition) is 6. The van der Waals surface area contributed by atoms with Gasteiger partial charge in [0.2, 0.25) is 0 Å². The molecule has 0 saturated carbocycles. The van der Waals surface area contributed by atoms with E-state index in [0.717, 1.165) is 30.7 Å². The standard InChI is InChI=1S/C30H34ClFN6O4/c1-4-25(30(40)41)34-28-19(3)33-26(38(28)17-23-9-12-42-23)13-20-7-10-36(11-8-20)29(39)27-18(2)15-37(35-27)16-21-5-6-22(31)14-24(21)32/h4-6,14-15,20,23H,1,7-13,16-17H2,2-3H3,(H,40,41)/b34-25+/t23-/m0/s1. The predicted molar refractivity (Wildman–Crippen MR) is 156 cm³/mol. The summed E-state index contributed by atoms with van der Waals surface area (Å²) in [7, 11) is 0. The van der Waals surface area contributed by atoms with Crippen LogP contribution < -0.4 is 0 Å². The number of benzene rings is 1. The monoisotopic (exact) mass is 596 g/mol. The Labute approximate surface area is 248 Å². The van der Waals surface area contributed by atoms with Gasteiger partial charge in [0.15, 0.2) is 11.5 Å². The fraction of sp³-hybridized carbons (Fsp3) is 0.433. The van der Waals surface area contributed by atoms with Crippen LogP contribution in [-0.2, 0) is 29.0 Å². The largest absolute Gasteiger partial charge is 0.477 e. The smallest absolute Gasteiger partial charge is 0.354 e. The van der Waals surface area contributed by atoms with Gasteiger partial charge >= 0.3 is 5.97 Å². The van der Waals surface area contributed by atoms with Crippen LogP contribution in [-0.4, -0.2) is 72.7 Å². The summed E-state index contributed by atoms with van der Waals surface area (Å²) >= 11 is 5.86. The number of nitrogens with zero attached hydrogens (tertiary/aromatic N) is 6. The molecule has 0 unspecified atom stereocenters. The summed E-state index contributed by atoms with van der Waals surface area (Å²) in [6.07, 6.45) is 6.22. The van der Waals surface area contributed by atoms with Crippen LogP contribution in [0.1, 0.15) is 52.4 Å². The lowest BCUT2D eigenvalue weighted by Gasteiger charge is -2.32. The lowest BCUT2D eigenvalue weighted by Crippen LogP contribution is -2.39. The number of amides is 1. The molecule has 2 aromatic heterocycles. The lowest BCUT2D eigenvalue weighted by molar-refractivity contribution is -0.129. The molecule has 1 atom stereocenters. The molecule has 2 aliphatic rings. The van der Waals surface area contributed by atoms with Crippen molar-refractivity contribution in [2.75, 3.05) is 19.7 Å². The molecular weight excluding hydrogens is 563 g/mol. The molecule has 0 spiro atoms. The number of aliphatic carboxylic acids is 1. The van der Waals surface area contributed by atoms with Crippen LogP contribution in [0.25, 0.3) is 0 Å². The van der Waals surface area contributed by atoms with E-state index < -0.39 is 11.8 Å². The lowest BCUT2D eigenvalue weighted by atomic mass is 9.93. The van der Waals surface area contributed by atoms with Crippen molar-refractivity contribution in [3.63, 3.8) is 0 Å². The minimum absolute atomic E-state index is 0.0435. The van der Waals surface area contributed by atoms with E-state index in [2.05, 4.69) is 16.7 Å². The van der Waals surface area contributed by atoms with Gasteiger partial charge in [-0.05, 0) is 57.2 Å². The Hall–Kier alpha value is -3.83. The number of halogens is 2. The highest BCUT2D eigenvalue weighted by Crippen LogP contribution is 2.29. The third-order valence-electron chi connectivity index (χ3n) is 7.87. The van der Waals surface area contributed by atoms with Crippen LogP contribution in [0.3, 0.4) is 0 Å². The Kier molecular flexibility index (Phi) is 8.88. The van der Waals surface area contributed by atoms with Crippen molar-refractivity contribution in [2.45, 2.75) is 58.7 Å². The number of aliphatic imine (C=N–C) groups is 1. The number of piperidine rings is 1. The Morgan fingerprint density at radius 3 is 2.62 bits per heavy atom. The summed E-state index contributed by atoms with van der Waals surface area (Å²) in [4.78, 5) is 35.9. The van der Waals surface area contributed by atoms with Gasteiger partial charge < -0.3 is 19.3 Å². The van der Waals surface area contributed by atoms with Crippen LogP contribution >= 0.6 is 11.6 Å². The first-order valence-corrected chi connectivity index (χ1v) is 14.4. The number of carboxylic acids is 1. The van der Waals surface area contributed by atoms with E-state index in [1.165, 1.54) is 12.1 Å². The van der Waals surface area contributed by atoms with Gasteiger partial charge in [0.1, 0.15) is 17.4 Å². The zero-order valence-corrected chi connectivity index (χ0v) is 24.5. The van der Waals surface area contributed by atoms with Crippen molar-refractivity contribution in [1.29, 1.82) is 0 Å². The SMILES string of the molecule is C=C/C(=N\c1c(C)nc(CC2CCN(C(=O)c3nn(Cc4ccc(Cl)cc4F)cc3C)CC2)n1C[C@@H]1CCO1)C(=O)O. The minimum Gasteiger partial charge on any atom is -0.477 e. The van der Waals surface area contributed by atoms with Crippen molar-refractivity contribution in [3.05, 3.63) is 76.2 Å². The van der Waals surface area contributed by atoms with Gasteiger partial charge in [0.05, 0.1) is 24.9 Å². The molecule has 2 fully saturated rings. The average molecular weight is 597 g/mol. The molecule has 1 N–H and O–H groups in total. The predicted octanol–water partition coefficient (Wildman–Crippen LogP) is 4.76. The highest BCUT2D eigenvalue weighted by atomic mass is 35.5. The first-order valence-electron chi connectivity index (χ1n) is 14.0. The molecule has 12 heteroatoms. The van der Waals surface area contributed by atoms with E-state index >= 15 is 0 Å². The third-order valence-corrected chi connectivity index (χ3v) is 8.11. The molecule has 222 valence electrons. The number of aromatic nitrogens is 4. The molecule has 10 nitrogen and oxygen atoms in total. The Balaban J connectivity index is 1.25. The number of carbonyl (C=O) groups excluding carboxylic acids is 1. The summed E-state index contributed by atoms with van der Waals surface area (Å²) in [5.74, 6) is -0.0580. The molecule has 0 radical (unpaired) electrons. The number of aryl methyl sites for hydroxylation is 2. The van der Waals surface area contributed by atoms with Crippen LogP contribution in [0.15, 0.2) is 42.0 Å². The van der Waals surface area contributed by atoms with Crippen LogP contribution in [0.2, 0.25) is 5.02 Å². The van der Waals surface area contributed by atoms with Gasteiger partial charge in [-0.2, -0.15) is 5.10 Å². The Bertz CT molecular complexity index is 1530. The number of carboxylic acid groups (broad SMARTS) is 1. The van der Waals surface area contributed by atoms with Crippen molar-refractivity contribution in [2.24, 2.45) is 10.9 Å². The fourth-order valence-electron chi connectivity index (χ4n) is 5.42. The van der Waals surface area contributed by atoms with E-state index in [1.54, 1.807) is 23.0 Å². The number of carbonyl (C=O) groups is 2. The quantitative estimate of drug-likeness (QED) is 0.337. The summed E-state index contributed by atoms with van der Waals surface area (Å²) < 4.78 is 23.5. The zero-order valence-electron chi connectivity index (χ0n) is 23.7. The maximum Gasteiger partial charge on any atom is 0.354 e. The van der Waals surface area contributed by atoms with E-state index in [9.17, 15) is 19.1 Å². The molecule has 0 bridgehead atoms. The Morgan fingerprint density at radius 1 is 1.26 bits per heavy atom. The molecule has 42 heavy (non-hydrogen) atoms. The van der Waals surface area contributed by atoms with Gasteiger partial charge in [0, 0.05) is 48.5 Å². The number of hydrogen-bond donors (Lipinski definition) is 1. The molecule has 1 amide bonds. The third kappa shape index (κ3) is 6.47. The zero-order chi connectivity index (χ0) is 30.0. The maximum absolute atomic E-state index is 14.3. The van der Waals surface area contributed by atoms with Crippen molar-refractivity contribution in [1.82, 2.24) is 24.2 Å². The van der Waals surface area contributed by atoms with Gasteiger partial charge in [-0.1, -0.05) is 24.2 Å². The van der Waals surface area contributed by atoms with E-state index in [-0.39, 0.29) is 24.3 Å². The highest BCUT2D eigenvalue weighted by Gasteiger charge is 2.29.